The lowest BCUT2D eigenvalue weighted by atomic mass is 9.71. The molecule has 0 aromatic heterocycles. The second-order valence-electron chi connectivity index (χ2n) is 5.83. The maximum absolute atomic E-state index is 2.34. The summed E-state index contributed by atoms with van der Waals surface area (Å²) in [6, 6.07) is 30.2. The largest absolute Gasteiger partial charge is 0.0622 e. The van der Waals surface area contributed by atoms with Crippen LogP contribution in [0.1, 0.15) is 28.2 Å². The van der Waals surface area contributed by atoms with Gasteiger partial charge in [0.15, 0.2) is 0 Å². The van der Waals surface area contributed by atoms with E-state index in [1.54, 1.807) is 0 Å². The van der Waals surface area contributed by atoms with E-state index in [1.165, 1.54) is 27.8 Å². The normalized spacial score (nSPS) is 16.7. The zero-order valence-corrected chi connectivity index (χ0v) is 12.4. The summed E-state index contributed by atoms with van der Waals surface area (Å²) in [7, 11) is 0. The van der Waals surface area contributed by atoms with Gasteiger partial charge in [-0.25, -0.2) is 0 Å². The molecule has 22 heavy (non-hydrogen) atoms. The minimum Gasteiger partial charge on any atom is -0.0622 e. The van der Waals surface area contributed by atoms with E-state index in [-0.39, 0.29) is 0 Å². The lowest BCUT2D eigenvalue weighted by Gasteiger charge is -2.32. The second kappa shape index (κ2) is 5.65. The highest BCUT2D eigenvalue weighted by Crippen LogP contribution is 2.44. The Morgan fingerprint density at radius 3 is 2.09 bits per heavy atom. The Bertz CT molecular complexity index is 798. The quantitative estimate of drug-likeness (QED) is 0.551. The molecule has 0 fully saturated rings. The van der Waals surface area contributed by atoms with Crippen molar-refractivity contribution in [2.45, 2.75) is 12.3 Å². The van der Waals surface area contributed by atoms with Crippen LogP contribution in [0.5, 0.6) is 0 Å². The van der Waals surface area contributed by atoms with Crippen LogP contribution < -0.4 is 0 Å². The number of allylic oxidation sites excluding steroid dienone is 1. The number of hydrogen-bond acceptors (Lipinski definition) is 0. The molecule has 0 radical (unpaired) electrons. The van der Waals surface area contributed by atoms with E-state index in [9.17, 15) is 0 Å². The van der Waals surface area contributed by atoms with Gasteiger partial charge in [-0.2, -0.15) is 0 Å². The highest BCUT2D eigenvalue weighted by molar-refractivity contribution is 5.87. The molecule has 1 unspecified atom stereocenters. The maximum atomic E-state index is 2.34. The number of fused-ring (bicyclic) bond motifs is 1. The van der Waals surface area contributed by atoms with E-state index in [2.05, 4.69) is 91.0 Å². The van der Waals surface area contributed by atoms with Crippen LogP contribution in [0.2, 0.25) is 0 Å². The van der Waals surface area contributed by atoms with E-state index in [0.717, 1.165) is 6.42 Å². The molecule has 4 rings (SSSR count). The van der Waals surface area contributed by atoms with Gasteiger partial charge in [-0.05, 0) is 34.2 Å². The van der Waals surface area contributed by atoms with Gasteiger partial charge in [0.1, 0.15) is 0 Å². The fourth-order valence-electron chi connectivity index (χ4n) is 3.28. The van der Waals surface area contributed by atoms with Gasteiger partial charge in [0.25, 0.3) is 0 Å². The molecule has 0 heteroatoms. The first-order valence-electron chi connectivity index (χ1n) is 7.82. The van der Waals surface area contributed by atoms with Gasteiger partial charge < -0.3 is 0 Å². The van der Waals surface area contributed by atoms with E-state index in [4.69, 9.17) is 0 Å². The Hall–Kier alpha value is -2.60. The molecule has 1 aliphatic carbocycles. The molecule has 3 aromatic rings. The summed E-state index contributed by atoms with van der Waals surface area (Å²) in [6.07, 6.45) is 3.49. The van der Waals surface area contributed by atoms with Crippen molar-refractivity contribution in [1.82, 2.24) is 0 Å². The Kier molecular flexibility index (Phi) is 3.36. The Labute approximate surface area is 131 Å². The molecule has 3 aromatic carbocycles. The van der Waals surface area contributed by atoms with Crippen LogP contribution in [0.4, 0.5) is 0 Å². The fraction of sp³-hybridized carbons (Fsp3) is 0.0909. The average molecular weight is 282 g/mol. The summed E-state index contributed by atoms with van der Waals surface area (Å²) < 4.78 is 0. The smallest absolute Gasteiger partial charge is 0.0139 e. The first-order chi connectivity index (χ1) is 10.9. The van der Waals surface area contributed by atoms with Crippen molar-refractivity contribution < 1.29 is 0 Å². The summed E-state index contributed by atoms with van der Waals surface area (Å²) in [4.78, 5) is 0. The molecule has 0 N–H and O–H groups in total. The molecule has 0 nitrogen and oxygen atoms in total. The van der Waals surface area contributed by atoms with Crippen LogP contribution in [-0.2, 0) is 6.42 Å². The van der Waals surface area contributed by atoms with Crippen molar-refractivity contribution >= 4 is 11.6 Å². The lowest BCUT2D eigenvalue weighted by Crippen LogP contribution is -2.18. The van der Waals surface area contributed by atoms with Crippen LogP contribution in [-0.4, -0.2) is 0 Å². The van der Waals surface area contributed by atoms with Crippen LogP contribution in [0, 0.1) is 0 Å². The summed E-state index contributed by atoms with van der Waals surface area (Å²) in [6.45, 7) is 0. The van der Waals surface area contributed by atoms with E-state index in [0.29, 0.717) is 5.92 Å². The topological polar surface area (TPSA) is 0 Å². The number of rotatable bonds is 3. The first-order valence-corrected chi connectivity index (χ1v) is 7.82. The highest BCUT2D eigenvalue weighted by atomic mass is 14.3. The summed E-state index contributed by atoms with van der Waals surface area (Å²) >= 11 is 0. The predicted octanol–water partition coefficient (Wildman–Crippen LogP) is 5.57. The second-order valence-corrected chi connectivity index (χ2v) is 5.83. The standard InChI is InChI=1S/C22H18/c1-3-9-17(10-4-1)15-21(18-11-5-2-6-12-18)22-16-19-13-7-8-14-20(19)22/h1-15,22H,16H2. The van der Waals surface area contributed by atoms with Crippen LogP contribution >= 0.6 is 0 Å². The van der Waals surface area contributed by atoms with Crippen LogP contribution in [0.3, 0.4) is 0 Å². The molecule has 0 bridgehead atoms. The summed E-state index contributed by atoms with van der Waals surface area (Å²) in [5.41, 5.74) is 6.98. The van der Waals surface area contributed by atoms with E-state index >= 15 is 0 Å². The number of hydrogen-bond donors (Lipinski definition) is 0. The first kappa shape index (κ1) is 13.1. The Morgan fingerprint density at radius 2 is 1.36 bits per heavy atom. The molecule has 0 heterocycles. The van der Waals surface area contributed by atoms with E-state index < -0.39 is 0 Å². The molecule has 0 saturated heterocycles. The Balaban J connectivity index is 1.79. The predicted molar refractivity (Wildman–Crippen MR) is 93.6 cm³/mol. The zero-order valence-electron chi connectivity index (χ0n) is 12.4. The van der Waals surface area contributed by atoms with Crippen molar-refractivity contribution in [3.63, 3.8) is 0 Å². The van der Waals surface area contributed by atoms with Crippen molar-refractivity contribution in [2.24, 2.45) is 0 Å². The molecule has 0 aliphatic heterocycles. The third-order valence-electron chi connectivity index (χ3n) is 4.46. The minimum absolute atomic E-state index is 0.513. The SMILES string of the molecule is C(=C(c1ccccc1)C1Cc2ccccc21)c1ccccc1. The van der Waals surface area contributed by atoms with Gasteiger partial charge in [-0.3, -0.25) is 0 Å². The van der Waals surface area contributed by atoms with Crippen LogP contribution in [0.15, 0.2) is 84.9 Å². The third kappa shape index (κ3) is 2.37. The maximum Gasteiger partial charge on any atom is 0.0139 e. The molecule has 0 spiro atoms. The molecular weight excluding hydrogens is 264 g/mol. The van der Waals surface area contributed by atoms with Crippen molar-refractivity contribution in [3.8, 4) is 0 Å². The van der Waals surface area contributed by atoms with Crippen LogP contribution in [0.25, 0.3) is 11.6 Å². The van der Waals surface area contributed by atoms with E-state index in [1.807, 2.05) is 0 Å². The molecule has 1 aliphatic rings. The highest BCUT2D eigenvalue weighted by Gasteiger charge is 2.29. The summed E-state index contributed by atoms with van der Waals surface area (Å²) in [5.74, 6) is 0.513. The molecule has 0 saturated carbocycles. The van der Waals surface area contributed by atoms with Gasteiger partial charge in [0.05, 0.1) is 0 Å². The van der Waals surface area contributed by atoms with Crippen molar-refractivity contribution in [2.75, 3.05) is 0 Å². The molecule has 1 atom stereocenters. The van der Waals surface area contributed by atoms with Gasteiger partial charge in [-0.1, -0.05) is 91.0 Å². The summed E-state index contributed by atoms with van der Waals surface area (Å²) in [5, 5.41) is 0. The van der Waals surface area contributed by atoms with Gasteiger partial charge in [0, 0.05) is 5.92 Å². The van der Waals surface area contributed by atoms with Gasteiger partial charge in [-0.15, -0.1) is 0 Å². The molecule has 106 valence electrons. The van der Waals surface area contributed by atoms with Crippen molar-refractivity contribution in [3.05, 3.63) is 107 Å². The molecular formula is C22H18. The number of benzene rings is 3. The lowest BCUT2D eigenvalue weighted by molar-refractivity contribution is 0.751. The monoisotopic (exact) mass is 282 g/mol. The average Bonchev–Trinajstić information content (AvgIpc) is 2.57. The van der Waals surface area contributed by atoms with Crippen molar-refractivity contribution in [1.29, 1.82) is 0 Å². The Morgan fingerprint density at radius 1 is 0.727 bits per heavy atom. The van der Waals surface area contributed by atoms with Gasteiger partial charge in [0.2, 0.25) is 0 Å². The third-order valence-corrected chi connectivity index (χ3v) is 4.46. The minimum atomic E-state index is 0.513. The molecule has 0 amide bonds. The zero-order chi connectivity index (χ0) is 14.8. The fourth-order valence-corrected chi connectivity index (χ4v) is 3.28. The van der Waals surface area contributed by atoms with Gasteiger partial charge >= 0.3 is 0 Å².